The molecule has 1 N–H and O–H groups in total. The van der Waals surface area contributed by atoms with Gasteiger partial charge in [-0.25, -0.2) is 13.5 Å². The number of hydrogen-bond donors (Lipinski definition) is 1. The second kappa shape index (κ2) is 7.47. The number of aromatic nitrogens is 2. The molecule has 0 spiro atoms. The van der Waals surface area contributed by atoms with Gasteiger partial charge in [-0.05, 0) is 62.2 Å². The molecule has 0 radical (unpaired) electrons. The smallest absolute Gasteiger partial charge is 0.255 e. The molecule has 0 aliphatic rings. The predicted molar refractivity (Wildman–Crippen MR) is 95.4 cm³/mol. The van der Waals surface area contributed by atoms with Gasteiger partial charge in [0.1, 0.15) is 11.6 Å². The Kier molecular flexibility index (Phi) is 5.11. The third-order valence-electron chi connectivity index (χ3n) is 4.18. The first-order valence-electron chi connectivity index (χ1n) is 8.30. The molecule has 2 aromatic carbocycles. The molecule has 0 aliphatic heterocycles. The van der Waals surface area contributed by atoms with Crippen LogP contribution in [0.15, 0.2) is 48.5 Å². The number of nitrogens with zero attached hydrogens (tertiary/aromatic N) is 2. The molecule has 0 saturated carbocycles. The quantitative estimate of drug-likeness (QED) is 0.758. The van der Waals surface area contributed by atoms with Gasteiger partial charge in [0.15, 0.2) is 0 Å². The van der Waals surface area contributed by atoms with E-state index in [1.54, 1.807) is 36.7 Å². The zero-order valence-electron chi connectivity index (χ0n) is 14.6. The van der Waals surface area contributed by atoms with Crippen molar-refractivity contribution < 1.29 is 13.6 Å². The summed E-state index contributed by atoms with van der Waals surface area (Å²) >= 11 is 0. The summed E-state index contributed by atoms with van der Waals surface area (Å²) in [6.45, 7) is 3.95. The molecule has 6 heteroatoms. The highest BCUT2D eigenvalue weighted by Gasteiger charge is 2.19. The molecule has 1 amide bonds. The van der Waals surface area contributed by atoms with E-state index >= 15 is 0 Å². The summed E-state index contributed by atoms with van der Waals surface area (Å²) in [4.78, 5) is 12.5. The van der Waals surface area contributed by atoms with Gasteiger partial charge in [0.25, 0.3) is 5.91 Å². The molecule has 3 rings (SSSR count). The fourth-order valence-corrected chi connectivity index (χ4v) is 2.91. The van der Waals surface area contributed by atoms with E-state index in [0.29, 0.717) is 35.6 Å². The van der Waals surface area contributed by atoms with Crippen molar-refractivity contribution in [2.75, 3.05) is 6.54 Å². The van der Waals surface area contributed by atoms with E-state index in [4.69, 9.17) is 0 Å². The summed E-state index contributed by atoms with van der Waals surface area (Å²) < 4.78 is 27.9. The lowest BCUT2D eigenvalue weighted by Gasteiger charge is -2.07. The van der Waals surface area contributed by atoms with Gasteiger partial charge >= 0.3 is 0 Å². The van der Waals surface area contributed by atoms with Crippen LogP contribution in [0, 0.1) is 25.5 Å². The lowest BCUT2D eigenvalue weighted by molar-refractivity contribution is 0.0953. The number of rotatable bonds is 5. The number of benzene rings is 2. The molecule has 0 atom stereocenters. The first-order chi connectivity index (χ1) is 12.5. The lowest BCUT2D eigenvalue weighted by Crippen LogP contribution is -2.26. The molecule has 3 aromatic rings. The summed E-state index contributed by atoms with van der Waals surface area (Å²) in [6, 6.07) is 12.2. The largest absolute Gasteiger partial charge is 0.352 e. The number of carbonyl (C=O) groups is 1. The minimum Gasteiger partial charge on any atom is -0.352 e. The van der Waals surface area contributed by atoms with Crippen molar-refractivity contribution >= 4 is 5.91 Å². The average molecular weight is 355 g/mol. The number of aryl methyl sites for hydroxylation is 1. The van der Waals surface area contributed by atoms with Crippen molar-refractivity contribution in [2.45, 2.75) is 20.3 Å². The zero-order chi connectivity index (χ0) is 18.7. The Morgan fingerprint density at radius 1 is 1.08 bits per heavy atom. The topological polar surface area (TPSA) is 46.9 Å². The highest BCUT2D eigenvalue weighted by atomic mass is 19.1. The van der Waals surface area contributed by atoms with Gasteiger partial charge in [0, 0.05) is 6.54 Å². The standard InChI is InChI=1S/C20H19F2N3O/c1-13-19(14(2)25(24-13)18-8-6-16(21)7-9-18)20(26)23-11-10-15-4-3-5-17(22)12-15/h3-9,12H,10-11H2,1-2H3,(H,23,26). The van der Waals surface area contributed by atoms with Crippen molar-refractivity contribution in [2.24, 2.45) is 0 Å². The molecule has 26 heavy (non-hydrogen) atoms. The molecule has 0 unspecified atom stereocenters. The van der Waals surface area contributed by atoms with Gasteiger partial charge in [-0.3, -0.25) is 4.79 Å². The van der Waals surface area contributed by atoms with Crippen LogP contribution in [0.5, 0.6) is 0 Å². The van der Waals surface area contributed by atoms with Crippen molar-refractivity contribution in [1.29, 1.82) is 0 Å². The number of carbonyl (C=O) groups excluding carboxylic acids is 1. The monoisotopic (exact) mass is 355 g/mol. The van der Waals surface area contributed by atoms with E-state index < -0.39 is 0 Å². The lowest BCUT2D eigenvalue weighted by atomic mass is 10.1. The fraction of sp³-hybridized carbons (Fsp3) is 0.200. The maximum Gasteiger partial charge on any atom is 0.255 e. The molecule has 4 nitrogen and oxygen atoms in total. The van der Waals surface area contributed by atoms with Gasteiger partial charge in [-0.15, -0.1) is 0 Å². The van der Waals surface area contributed by atoms with Crippen LogP contribution in [0.25, 0.3) is 5.69 Å². The van der Waals surface area contributed by atoms with Crippen LogP contribution >= 0.6 is 0 Å². The highest BCUT2D eigenvalue weighted by molar-refractivity contribution is 5.96. The third kappa shape index (κ3) is 3.79. The van der Waals surface area contributed by atoms with Crippen LogP contribution in [-0.2, 0) is 6.42 Å². The maximum atomic E-state index is 13.2. The van der Waals surface area contributed by atoms with E-state index in [2.05, 4.69) is 10.4 Å². The first-order valence-corrected chi connectivity index (χ1v) is 8.30. The fourth-order valence-electron chi connectivity index (χ4n) is 2.91. The zero-order valence-corrected chi connectivity index (χ0v) is 14.6. The minimum atomic E-state index is -0.328. The second-order valence-electron chi connectivity index (χ2n) is 6.07. The SMILES string of the molecule is Cc1nn(-c2ccc(F)cc2)c(C)c1C(=O)NCCc1cccc(F)c1. The number of nitrogens with one attached hydrogen (secondary N) is 1. The van der Waals surface area contributed by atoms with E-state index in [1.807, 2.05) is 6.07 Å². The normalized spacial score (nSPS) is 10.8. The first kappa shape index (κ1) is 17.8. The number of hydrogen-bond acceptors (Lipinski definition) is 2. The third-order valence-corrected chi connectivity index (χ3v) is 4.18. The van der Waals surface area contributed by atoms with Crippen molar-refractivity contribution in [3.8, 4) is 5.69 Å². The molecule has 0 bridgehead atoms. The van der Waals surface area contributed by atoms with E-state index in [0.717, 1.165) is 5.56 Å². The van der Waals surface area contributed by atoms with Gasteiger partial charge < -0.3 is 5.32 Å². The Bertz CT molecular complexity index is 933. The number of amides is 1. The van der Waals surface area contributed by atoms with Gasteiger partial charge in [-0.1, -0.05) is 12.1 Å². The molecule has 0 fully saturated rings. The molecular formula is C20H19F2N3O. The summed E-state index contributed by atoms with van der Waals surface area (Å²) in [5, 5.41) is 7.24. The predicted octanol–water partition coefficient (Wildman–Crippen LogP) is 3.74. The highest BCUT2D eigenvalue weighted by Crippen LogP contribution is 2.18. The van der Waals surface area contributed by atoms with Crippen molar-refractivity contribution in [1.82, 2.24) is 15.1 Å². The van der Waals surface area contributed by atoms with E-state index in [9.17, 15) is 13.6 Å². The van der Waals surface area contributed by atoms with Gasteiger partial charge in [0.05, 0.1) is 22.6 Å². The molecule has 134 valence electrons. The summed E-state index contributed by atoms with van der Waals surface area (Å²) in [7, 11) is 0. The molecular weight excluding hydrogens is 336 g/mol. The maximum absolute atomic E-state index is 13.2. The van der Waals surface area contributed by atoms with E-state index in [1.165, 1.54) is 24.3 Å². The van der Waals surface area contributed by atoms with Crippen LogP contribution in [0.2, 0.25) is 0 Å². The summed E-state index contributed by atoms with van der Waals surface area (Å²) in [6.07, 6.45) is 0.535. The Labute approximate surface area is 150 Å². The molecule has 1 heterocycles. The Balaban J connectivity index is 1.72. The number of halogens is 2. The second-order valence-corrected chi connectivity index (χ2v) is 6.07. The molecule has 1 aromatic heterocycles. The summed E-state index contributed by atoms with van der Waals surface area (Å²) in [5.74, 6) is -0.851. The average Bonchev–Trinajstić information content (AvgIpc) is 2.90. The van der Waals surface area contributed by atoms with Crippen LogP contribution in [0.1, 0.15) is 27.3 Å². The molecule has 0 aliphatic carbocycles. The van der Waals surface area contributed by atoms with Crippen molar-refractivity contribution in [3.05, 3.63) is 82.7 Å². The van der Waals surface area contributed by atoms with E-state index in [-0.39, 0.29) is 17.5 Å². The Morgan fingerprint density at radius 3 is 2.50 bits per heavy atom. The summed E-state index contributed by atoms with van der Waals surface area (Å²) in [5.41, 5.74) is 3.27. The van der Waals surface area contributed by atoms with Gasteiger partial charge in [0.2, 0.25) is 0 Å². The van der Waals surface area contributed by atoms with Crippen LogP contribution < -0.4 is 5.32 Å². The Morgan fingerprint density at radius 2 is 1.81 bits per heavy atom. The molecule has 0 saturated heterocycles. The van der Waals surface area contributed by atoms with Crippen LogP contribution in [0.3, 0.4) is 0 Å². The van der Waals surface area contributed by atoms with Crippen molar-refractivity contribution in [3.63, 3.8) is 0 Å². The van der Waals surface area contributed by atoms with Crippen LogP contribution in [0.4, 0.5) is 8.78 Å². The van der Waals surface area contributed by atoms with Gasteiger partial charge in [-0.2, -0.15) is 5.10 Å². The Hall–Kier alpha value is -3.02. The van der Waals surface area contributed by atoms with Crippen LogP contribution in [-0.4, -0.2) is 22.2 Å². The minimum absolute atomic E-state index is 0.232.